The maximum absolute atomic E-state index is 13.4. The summed E-state index contributed by atoms with van der Waals surface area (Å²) < 4.78 is 193. The summed E-state index contributed by atoms with van der Waals surface area (Å²) in [7, 11) is -7.73. The van der Waals surface area contributed by atoms with E-state index in [9.17, 15) is 52.0 Å². The topological polar surface area (TPSA) is 149 Å². The first-order valence-corrected chi connectivity index (χ1v) is 26.6. The molecule has 0 spiro atoms. The van der Waals surface area contributed by atoms with E-state index in [1.807, 2.05) is 0 Å². The van der Waals surface area contributed by atoms with Crippen molar-refractivity contribution < 1.29 is 80.4 Å². The minimum atomic E-state index is -4.53. The van der Waals surface area contributed by atoms with Crippen molar-refractivity contribution in [1.82, 2.24) is 9.97 Å². The Hall–Kier alpha value is -6.36. The van der Waals surface area contributed by atoms with Gasteiger partial charge >= 0.3 is 12.4 Å². The van der Waals surface area contributed by atoms with Crippen LogP contribution in [0.4, 0.5) is 35.1 Å². The zero-order valence-electron chi connectivity index (χ0n) is 39.0. The van der Waals surface area contributed by atoms with Crippen molar-refractivity contribution in [2.45, 2.75) is 83.4 Å². The van der Waals surface area contributed by atoms with E-state index in [-0.39, 0.29) is 69.9 Å². The van der Waals surface area contributed by atoms with E-state index in [1.54, 1.807) is 12.1 Å². The van der Waals surface area contributed by atoms with Gasteiger partial charge in [0.1, 0.15) is 35.2 Å². The minimum absolute atomic E-state index is 0.0232. The number of rotatable bonds is 12. The fourth-order valence-corrected chi connectivity index (χ4v) is 11.7. The van der Waals surface area contributed by atoms with Gasteiger partial charge in [-0.25, -0.2) is 26.8 Å². The molecule has 2 saturated heterocycles. The Labute approximate surface area is 420 Å². The fourth-order valence-electron chi connectivity index (χ4n) is 9.16. The number of benzene rings is 4. The lowest BCUT2D eigenvalue weighted by Gasteiger charge is -2.29. The molecule has 74 heavy (non-hydrogen) atoms. The van der Waals surface area contributed by atoms with E-state index in [4.69, 9.17) is 28.4 Å². The van der Waals surface area contributed by atoms with Gasteiger partial charge in [0.15, 0.2) is 19.7 Å². The molecule has 2 fully saturated rings. The molecule has 0 radical (unpaired) electrons. The van der Waals surface area contributed by atoms with Crippen LogP contribution in [0.1, 0.15) is 82.3 Å². The highest BCUT2D eigenvalue weighted by Gasteiger charge is 2.37. The third-order valence-corrected chi connectivity index (χ3v) is 16.1. The number of hydrogen-bond donors (Lipinski definition) is 0. The molecular weight excluding hydrogens is 1030 g/mol. The van der Waals surface area contributed by atoms with Gasteiger partial charge in [-0.15, -0.1) is 0 Å². The highest BCUT2D eigenvalue weighted by Crippen LogP contribution is 2.47. The Balaban J connectivity index is 0.000000182. The maximum atomic E-state index is 13.4. The van der Waals surface area contributed by atoms with E-state index in [0.29, 0.717) is 85.9 Å². The van der Waals surface area contributed by atoms with Crippen molar-refractivity contribution in [2.24, 2.45) is 0 Å². The van der Waals surface area contributed by atoms with Crippen molar-refractivity contribution in [1.29, 1.82) is 0 Å². The number of fused-ring (bicyclic) bond motifs is 2. The average molecular weight is 1080 g/mol. The number of nitrogens with zero attached hydrogens (tertiary/aromatic N) is 2. The van der Waals surface area contributed by atoms with Gasteiger partial charge in [0, 0.05) is 46.9 Å². The molecule has 10 rings (SSSR count). The van der Waals surface area contributed by atoms with Crippen molar-refractivity contribution >= 4 is 19.7 Å². The van der Waals surface area contributed by atoms with Gasteiger partial charge in [-0.1, -0.05) is 36.4 Å². The molecule has 6 heterocycles. The van der Waals surface area contributed by atoms with Crippen LogP contribution in [0.3, 0.4) is 0 Å². The van der Waals surface area contributed by atoms with Crippen LogP contribution >= 0.6 is 0 Å². The van der Waals surface area contributed by atoms with Crippen LogP contribution in [0.25, 0.3) is 0 Å². The van der Waals surface area contributed by atoms with Gasteiger partial charge in [-0.2, -0.15) is 35.1 Å². The number of pyridine rings is 2. The number of hydrogen-bond acceptors (Lipinski definition) is 12. The first-order chi connectivity index (χ1) is 35.2. The predicted molar refractivity (Wildman–Crippen MR) is 250 cm³/mol. The van der Waals surface area contributed by atoms with E-state index < -0.39 is 66.6 Å². The van der Waals surface area contributed by atoms with Gasteiger partial charge in [-0.3, -0.25) is 0 Å². The average Bonchev–Trinajstić information content (AvgIpc) is 4.08. The summed E-state index contributed by atoms with van der Waals surface area (Å²) in [4.78, 5) is 7.19. The first-order valence-electron chi connectivity index (χ1n) is 23.3. The highest BCUT2D eigenvalue weighted by atomic mass is 32.2. The molecular formula is C52H46F8N2O10S2. The summed E-state index contributed by atoms with van der Waals surface area (Å²) >= 11 is 0. The normalized spacial score (nSPS) is 19.8. The SMILES string of the molecule is O=S(=O)(Cc1cccc(F)n1)c1ccc2c(c1)OCC[C@@H]2c1ccc(C(F)(F)F)cc1O[C@H]1CCOC1.O=S(=O)(Cc1cccc(F)n1)c1ccc2c(c1)OCC[C@H]2c1ccc(C(F)(F)F)cc1O[C@H]1CCOC1. The quantitative estimate of drug-likeness (QED) is 0.0848. The highest BCUT2D eigenvalue weighted by molar-refractivity contribution is 7.91. The Kier molecular flexibility index (Phi) is 15.2. The third-order valence-electron chi connectivity index (χ3n) is 12.8. The van der Waals surface area contributed by atoms with Crippen LogP contribution < -0.4 is 18.9 Å². The van der Waals surface area contributed by atoms with Gasteiger partial charge in [0.2, 0.25) is 11.9 Å². The summed E-state index contributed by atoms with van der Waals surface area (Å²) in [5.41, 5.74) is 0.906. The molecule has 0 aliphatic carbocycles. The van der Waals surface area contributed by atoms with Crippen LogP contribution in [-0.4, -0.2) is 78.7 Å². The summed E-state index contributed by atoms with van der Waals surface area (Å²) in [6.07, 6.45) is -7.70. The monoisotopic (exact) mass is 1070 g/mol. The number of aromatic nitrogens is 2. The van der Waals surface area contributed by atoms with Crippen LogP contribution in [-0.2, 0) is 53.0 Å². The zero-order valence-corrected chi connectivity index (χ0v) is 40.6. The Morgan fingerprint density at radius 2 is 0.905 bits per heavy atom. The molecule has 4 aliphatic heterocycles. The lowest BCUT2D eigenvalue weighted by Crippen LogP contribution is -2.21. The summed E-state index contributed by atoms with van der Waals surface area (Å²) in [5, 5.41) is 0. The van der Waals surface area contributed by atoms with E-state index in [0.717, 1.165) is 36.4 Å². The summed E-state index contributed by atoms with van der Waals surface area (Å²) in [6, 6.07) is 23.6. The van der Waals surface area contributed by atoms with Crippen LogP contribution in [0.5, 0.6) is 23.0 Å². The molecule has 4 aliphatic rings. The van der Waals surface area contributed by atoms with Gasteiger partial charge in [-0.05, 0) is 85.6 Å². The second-order valence-corrected chi connectivity index (χ2v) is 21.9. The van der Waals surface area contributed by atoms with Crippen LogP contribution in [0.2, 0.25) is 0 Å². The van der Waals surface area contributed by atoms with Gasteiger partial charge < -0.3 is 28.4 Å². The van der Waals surface area contributed by atoms with Gasteiger partial charge in [0.05, 0.1) is 83.5 Å². The van der Waals surface area contributed by atoms with Crippen molar-refractivity contribution in [3.63, 3.8) is 0 Å². The molecule has 0 saturated carbocycles. The molecule has 4 atom stereocenters. The molecule has 6 aromatic rings. The van der Waals surface area contributed by atoms with Crippen LogP contribution in [0, 0.1) is 11.9 Å². The zero-order chi connectivity index (χ0) is 52.4. The largest absolute Gasteiger partial charge is 0.493 e. The van der Waals surface area contributed by atoms with Crippen molar-refractivity contribution in [3.8, 4) is 23.0 Å². The number of halogens is 8. The summed E-state index contributed by atoms with van der Waals surface area (Å²) in [5.74, 6) is -2.39. The van der Waals surface area contributed by atoms with Crippen molar-refractivity contribution in [3.05, 3.63) is 166 Å². The first kappa shape index (κ1) is 52.5. The molecule has 0 amide bonds. The van der Waals surface area contributed by atoms with E-state index in [2.05, 4.69) is 9.97 Å². The standard InChI is InChI=1S/2C26H23F4NO5S/c2*27-25-3-1-2-17(31-25)15-37(32,33)19-5-7-21-20(9-11-35-23(21)13-19)22-6-4-16(26(28,29)30)12-24(22)36-18-8-10-34-14-18/h2*1-7,12-13,18,20H,8-11,14-15H2/t18-,20+;18-,20-/m00/s1. The Morgan fingerprint density at radius 3 is 1.27 bits per heavy atom. The fraction of sp³-hybridized carbons (Fsp3) is 0.346. The van der Waals surface area contributed by atoms with E-state index in [1.165, 1.54) is 60.7 Å². The van der Waals surface area contributed by atoms with E-state index >= 15 is 0 Å². The number of ether oxygens (including phenoxy) is 6. The smallest absolute Gasteiger partial charge is 0.416 e. The minimum Gasteiger partial charge on any atom is -0.493 e. The number of alkyl halides is 6. The Bertz CT molecular complexity index is 3020. The molecule has 0 unspecified atom stereocenters. The molecule has 2 aromatic heterocycles. The summed E-state index contributed by atoms with van der Waals surface area (Å²) in [6.45, 7) is 2.00. The lowest BCUT2D eigenvalue weighted by atomic mass is 9.85. The number of sulfone groups is 2. The third kappa shape index (κ3) is 12.2. The molecule has 0 bridgehead atoms. The second-order valence-electron chi connectivity index (χ2n) is 17.9. The predicted octanol–water partition coefficient (Wildman–Crippen LogP) is 10.6. The van der Waals surface area contributed by atoms with Gasteiger partial charge in [0.25, 0.3) is 0 Å². The molecule has 22 heteroatoms. The van der Waals surface area contributed by atoms with Crippen molar-refractivity contribution in [2.75, 3.05) is 39.6 Å². The molecule has 4 aromatic carbocycles. The lowest BCUT2D eigenvalue weighted by molar-refractivity contribution is -0.138. The molecule has 12 nitrogen and oxygen atoms in total. The molecule has 0 N–H and O–H groups in total. The molecule has 392 valence electrons. The second kappa shape index (κ2) is 21.5. The Morgan fingerprint density at radius 1 is 0.500 bits per heavy atom. The van der Waals surface area contributed by atoms with Crippen LogP contribution in [0.15, 0.2) is 119 Å². The maximum Gasteiger partial charge on any atom is 0.416 e.